The minimum absolute atomic E-state index is 0.267. The third kappa shape index (κ3) is 0.982. The summed E-state index contributed by atoms with van der Waals surface area (Å²) in [4.78, 5) is 3.20. The first kappa shape index (κ1) is 6.75. The highest BCUT2D eigenvalue weighted by Crippen LogP contribution is 2.20. The van der Waals surface area contributed by atoms with Gasteiger partial charge in [-0.1, -0.05) is 20.4 Å². The summed E-state index contributed by atoms with van der Waals surface area (Å²) in [5.41, 5.74) is 0.745. The molecule has 1 aromatic rings. The monoisotopic (exact) mass is 136 g/mol. The Morgan fingerprint density at radius 3 is 2.60 bits per heavy atom. The van der Waals surface area contributed by atoms with Crippen molar-refractivity contribution in [2.45, 2.75) is 19.8 Å². The summed E-state index contributed by atoms with van der Waals surface area (Å²) in [7, 11) is 0. The van der Waals surface area contributed by atoms with Gasteiger partial charge in [-0.15, -0.1) is 5.21 Å². The van der Waals surface area contributed by atoms with Gasteiger partial charge in [0.15, 0.2) is 0 Å². The molecule has 0 aliphatic heterocycles. The first-order valence-electron chi connectivity index (χ1n) is 3.04. The van der Waals surface area contributed by atoms with Gasteiger partial charge in [0.05, 0.1) is 5.69 Å². The smallest absolute Gasteiger partial charge is 0.318 e. The maximum absolute atomic E-state index is 6.70. The van der Waals surface area contributed by atoms with E-state index in [-0.39, 0.29) is 5.92 Å². The molecule has 1 N–H and O–H groups in total. The van der Waals surface area contributed by atoms with E-state index in [1.54, 1.807) is 0 Å². The normalized spacial score (nSPS) is 9.80. The Hall–Kier alpha value is -1.37. The van der Waals surface area contributed by atoms with Crippen LogP contribution in [0.2, 0.25) is 0 Å². The predicted molar refractivity (Wildman–Crippen MR) is 36.7 cm³/mol. The Morgan fingerprint density at radius 1 is 1.50 bits per heavy atom. The summed E-state index contributed by atoms with van der Waals surface area (Å²) in [6, 6.07) is 0. The van der Waals surface area contributed by atoms with Crippen LogP contribution in [0.5, 0.6) is 0 Å². The van der Waals surface area contributed by atoms with Gasteiger partial charge in [0.25, 0.3) is 0 Å². The number of hydrogen-bond donors (Lipinski definition) is 1. The Bertz CT molecular complexity index is 255. The number of hydrogen-bond acceptors (Lipinski definition) is 2. The lowest BCUT2D eigenvalue weighted by Gasteiger charge is -1.96. The van der Waals surface area contributed by atoms with E-state index >= 15 is 0 Å². The highest BCUT2D eigenvalue weighted by Gasteiger charge is 2.10. The summed E-state index contributed by atoms with van der Waals surface area (Å²) in [5, 5.41) is 9.92. The molecule has 0 bridgehead atoms. The average molecular weight is 136 g/mol. The standard InChI is InChI=1S/C6H8N4/c1-4(2)5-6(7-3)9-10-8-5/h4H,1-2H3,(H,8,9,10). The van der Waals surface area contributed by atoms with Crippen molar-refractivity contribution in [2.24, 2.45) is 0 Å². The van der Waals surface area contributed by atoms with Crippen molar-refractivity contribution in [2.75, 3.05) is 0 Å². The van der Waals surface area contributed by atoms with Crippen LogP contribution in [0.25, 0.3) is 4.85 Å². The van der Waals surface area contributed by atoms with Crippen LogP contribution in [-0.4, -0.2) is 15.4 Å². The maximum atomic E-state index is 6.70. The van der Waals surface area contributed by atoms with Crippen molar-refractivity contribution in [3.63, 3.8) is 0 Å². The summed E-state index contributed by atoms with van der Waals surface area (Å²) in [5.74, 6) is 0.651. The molecule has 0 saturated carbocycles. The zero-order valence-corrected chi connectivity index (χ0v) is 5.92. The summed E-state index contributed by atoms with van der Waals surface area (Å²) in [6.07, 6.45) is 0. The molecule has 0 radical (unpaired) electrons. The van der Waals surface area contributed by atoms with Gasteiger partial charge in [0.1, 0.15) is 0 Å². The van der Waals surface area contributed by atoms with Crippen molar-refractivity contribution in [1.82, 2.24) is 15.4 Å². The second-order valence-corrected chi connectivity index (χ2v) is 2.30. The van der Waals surface area contributed by atoms with E-state index in [9.17, 15) is 0 Å². The van der Waals surface area contributed by atoms with Gasteiger partial charge in [0.2, 0.25) is 0 Å². The van der Waals surface area contributed by atoms with E-state index in [0.29, 0.717) is 5.82 Å². The molecule has 52 valence electrons. The van der Waals surface area contributed by atoms with Crippen LogP contribution in [-0.2, 0) is 0 Å². The van der Waals surface area contributed by atoms with Crippen LogP contribution in [0.15, 0.2) is 0 Å². The molecule has 4 heteroatoms. The highest BCUT2D eigenvalue weighted by molar-refractivity contribution is 5.40. The molecule has 1 heterocycles. The highest BCUT2D eigenvalue weighted by atomic mass is 15.4. The Kier molecular flexibility index (Phi) is 1.67. The quantitative estimate of drug-likeness (QED) is 0.594. The molecule has 1 rings (SSSR count). The number of aromatic amines is 1. The van der Waals surface area contributed by atoms with Crippen molar-refractivity contribution in [3.05, 3.63) is 17.1 Å². The molecule has 0 fully saturated rings. The lowest BCUT2D eigenvalue weighted by molar-refractivity contribution is 0.805. The molecule has 0 aliphatic rings. The van der Waals surface area contributed by atoms with Crippen molar-refractivity contribution in [1.29, 1.82) is 0 Å². The average Bonchev–Trinajstić information content (AvgIpc) is 2.33. The third-order valence-corrected chi connectivity index (χ3v) is 1.21. The minimum Gasteiger partial charge on any atom is -0.357 e. The molecule has 0 aliphatic carbocycles. The topological polar surface area (TPSA) is 45.9 Å². The number of nitrogens with one attached hydrogen (secondary N) is 1. The van der Waals surface area contributed by atoms with Gasteiger partial charge in [-0.2, -0.15) is 5.10 Å². The lowest BCUT2D eigenvalue weighted by Crippen LogP contribution is -1.86. The van der Waals surface area contributed by atoms with E-state index in [2.05, 4.69) is 20.3 Å². The van der Waals surface area contributed by atoms with Crippen LogP contribution >= 0.6 is 0 Å². The van der Waals surface area contributed by atoms with Crippen LogP contribution in [0.3, 0.4) is 0 Å². The molecule has 0 saturated heterocycles. The molecule has 10 heavy (non-hydrogen) atoms. The fourth-order valence-electron chi connectivity index (χ4n) is 0.703. The number of H-pyrrole nitrogens is 1. The van der Waals surface area contributed by atoms with E-state index in [1.807, 2.05) is 13.8 Å². The molecular formula is C6H8N4. The summed E-state index contributed by atoms with van der Waals surface area (Å²) < 4.78 is 0. The number of rotatable bonds is 1. The molecule has 0 spiro atoms. The van der Waals surface area contributed by atoms with Crippen LogP contribution in [0.4, 0.5) is 5.82 Å². The molecular weight excluding hydrogens is 128 g/mol. The molecule has 0 atom stereocenters. The predicted octanol–water partition coefficient (Wildman–Crippen LogP) is 1.48. The first-order valence-corrected chi connectivity index (χ1v) is 3.04. The van der Waals surface area contributed by atoms with E-state index in [1.165, 1.54) is 0 Å². The van der Waals surface area contributed by atoms with Gasteiger partial charge in [0, 0.05) is 0 Å². The second kappa shape index (κ2) is 2.48. The molecule has 0 unspecified atom stereocenters. The largest absolute Gasteiger partial charge is 0.357 e. The minimum atomic E-state index is 0.267. The summed E-state index contributed by atoms with van der Waals surface area (Å²) in [6.45, 7) is 10.7. The molecule has 4 nitrogen and oxygen atoms in total. The fraction of sp³-hybridized carbons (Fsp3) is 0.500. The van der Waals surface area contributed by atoms with Crippen molar-refractivity contribution in [3.8, 4) is 0 Å². The second-order valence-electron chi connectivity index (χ2n) is 2.30. The molecule has 0 aromatic carbocycles. The van der Waals surface area contributed by atoms with Crippen molar-refractivity contribution >= 4 is 5.82 Å². The van der Waals surface area contributed by atoms with Gasteiger partial charge in [-0.3, -0.25) is 0 Å². The fourth-order valence-corrected chi connectivity index (χ4v) is 0.703. The van der Waals surface area contributed by atoms with E-state index < -0.39 is 0 Å². The number of nitrogens with zero attached hydrogens (tertiary/aromatic N) is 3. The van der Waals surface area contributed by atoms with Crippen LogP contribution < -0.4 is 0 Å². The Labute approximate surface area is 59.1 Å². The van der Waals surface area contributed by atoms with Gasteiger partial charge >= 0.3 is 5.82 Å². The maximum Gasteiger partial charge on any atom is 0.318 e. The lowest BCUT2D eigenvalue weighted by atomic mass is 10.1. The van der Waals surface area contributed by atoms with Crippen molar-refractivity contribution < 1.29 is 0 Å². The van der Waals surface area contributed by atoms with E-state index in [4.69, 9.17) is 6.57 Å². The van der Waals surface area contributed by atoms with Crippen LogP contribution in [0, 0.1) is 6.57 Å². The third-order valence-electron chi connectivity index (χ3n) is 1.21. The Morgan fingerprint density at radius 2 is 2.20 bits per heavy atom. The van der Waals surface area contributed by atoms with Gasteiger partial charge < -0.3 is 4.85 Å². The zero-order valence-electron chi connectivity index (χ0n) is 5.92. The van der Waals surface area contributed by atoms with Gasteiger partial charge in [-0.05, 0) is 11.0 Å². The number of aromatic nitrogens is 3. The van der Waals surface area contributed by atoms with Gasteiger partial charge in [-0.25, -0.2) is 0 Å². The van der Waals surface area contributed by atoms with E-state index in [0.717, 1.165) is 5.69 Å². The molecule has 1 aromatic heterocycles. The summed E-state index contributed by atoms with van der Waals surface area (Å²) >= 11 is 0. The Balaban J connectivity index is 3.05. The molecule has 0 amide bonds. The SMILES string of the molecule is [C-]#[N+]c1n[nH]nc1C(C)C. The van der Waals surface area contributed by atoms with Crippen LogP contribution in [0.1, 0.15) is 25.5 Å². The first-order chi connectivity index (χ1) is 4.75. The zero-order chi connectivity index (χ0) is 7.56.